The third kappa shape index (κ3) is 4.38. The van der Waals surface area contributed by atoms with Crippen LogP contribution in [-0.4, -0.2) is 31.9 Å². The van der Waals surface area contributed by atoms with Crippen LogP contribution in [0.1, 0.15) is 0 Å². The van der Waals surface area contributed by atoms with Gasteiger partial charge in [0.05, 0.1) is 16.9 Å². The molecule has 4 rings (SSSR count). The van der Waals surface area contributed by atoms with Gasteiger partial charge in [-0.15, -0.1) is 0 Å². The van der Waals surface area contributed by atoms with E-state index in [1.807, 2.05) is 30.3 Å². The normalized spacial score (nSPS) is 11.1. The minimum atomic E-state index is -3.02. The maximum atomic E-state index is 12.7. The van der Waals surface area contributed by atoms with E-state index in [9.17, 15) is 18.4 Å². The second-order valence-corrected chi connectivity index (χ2v) is 6.79. The molecule has 0 aliphatic carbocycles. The van der Waals surface area contributed by atoms with Crippen molar-refractivity contribution < 1.29 is 18.3 Å². The van der Waals surface area contributed by atoms with Crippen molar-refractivity contribution in [3.8, 4) is 11.4 Å². The van der Waals surface area contributed by atoms with Gasteiger partial charge in [-0.2, -0.15) is 13.9 Å². The van der Waals surface area contributed by atoms with Crippen molar-refractivity contribution in [1.82, 2.24) is 19.3 Å². The number of amides is 1. The molecular weight excluding hydrogens is 432 g/mol. The number of anilines is 1. The molecule has 0 bridgehead atoms. The molecule has 2 heterocycles. The van der Waals surface area contributed by atoms with E-state index in [1.54, 1.807) is 0 Å². The lowest BCUT2D eigenvalue weighted by Gasteiger charge is -2.10. The van der Waals surface area contributed by atoms with Gasteiger partial charge in [-0.1, -0.05) is 29.8 Å². The van der Waals surface area contributed by atoms with E-state index in [1.165, 1.54) is 35.4 Å². The van der Waals surface area contributed by atoms with Gasteiger partial charge in [0.25, 0.3) is 5.56 Å². The molecule has 158 valence electrons. The van der Waals surface area contributed by atoms with Crippen molar-refractivity contribution >= 4 is 34.2 Å². The van der Waals surface area contributed by atoms with E-state index in [0.717, 1.165) is 10.3 Å². The van der Waals surface area contributed by atoms with Crippen molar-refractivity contribution in [2.45, 2.75) is 13.2 Å². The van der Waals surface area contributed by atoms with Gasteiger partial charge in [-0.05, 0) is 30.3 Å². The smallest absolute Gasteiger partial charge is 0.387 e. The summed E-state index contributed by atoms with van der Waals surface area (Å²) in [6.45, 7) is -3.33. The number of halogens is 3. The van der Waals surface area contributed by atoms with Crippen LogP contribution >= 0.6 is 11.6 Å². The van der Waals surface area contributed by atoms with Gasteiger partial charge in [0, 0.05) is 5.69 Å². The van der Waals surface area contributed by atoms with Gasteiger partial charge in [0.2, 0.25) is 5.91 Å². The Morgan fingerprint density at radius 1 is 1.19 bits per heavy atom. The maximum Gasteiger partial charge on any atom is 0.387 e. The second-order valence-electron chi connectivity index (χ2n) is 6.38. The highest BCUT2D eigenvalue weighted by atomic mass is 35.5. The highest BCUT2D eigenvalue weighted by molar-refractivity contribution is 6.32. The average Bonchev–Trinajstić information content (AvgIpc) is 3.17. The number of hydrogen-bond donors (Lipinski definition) is 1. The molecule has 0 atom stereocenters. The maximum absolute atomic E-state index is 12.7. The first-order valence-corrected chi connectivity index (χ1v) is 9.33. The number of benzene rings is 2. The number of fused-ring (bicyclic) bond motifs is 1. The number of carbonyl (C=O) groups is 1. The summed E-state index contributed by atoms with van der Waals surface area (Å²) < 4.78 is 31.5. The summed E-state index contributed by atoms with van der Waals surface area (Å²) in [5.41, 5.74) is 0.946. The number of nitrogens with one attached hydrogen (secondary N) is 1. The molecule has 0 fully saturated rings. The number of alkyl halides is 2. The van der Waals surface area contributed by atoms with Crippen LogP contribution in [0.15, 0.2) is 65.8 Å². The summed E-state index contributed by atoms with van der Waals surface area (Å²) in [6, 6.07) is 13.0. The van der Waals surface area contributed by atoms with E-state index >= 15 is 0 Å². The molecule has 0 aliphatic rings. The summed E-state index contributed by atoms with van der Waals surface area (Å²) in [5.74, 6) is -0.742. The Hall–Kier alpha value is -3.79. The van der Waals surface area contributed by atoms with Crippen molar-refractivity contribution in [3.63, 3.8) is 0 Å². The Labute approximate surface area is 178 Å². The molecule has 8 nitrogen and oxygen atoms in total. The lowest BCUT2D eigenvalue weighted by molar-refractivity contribution is -0.116. The molecule has 31 heavy (non-hydrogen) atoms. The minimum Gasteiger partial charge on any atom is -0.433 e. The fraction of sp³-hybridized carbons (Fsp3) is 0.100. The number of hydrogen-bond acceptors (Lipinski definition) is 5. The molecule has 2 aromatic carbocycles. The molecule has 0 saturated heterocycles. The number of para-hydroxylation sites is 1. The highest BCUT2D eigenvalue weighted by Crippen LogP contribution is 2.28. The topological polar surface area (TPSA) is 91.0 Å². The Morgan fingerprint density at radius 2 is 1.97 bits per heavy atom. The fourth-order valence-electron chi connectivity index (χ4n) is 2.94. The van der Waals surface area contributed by atoms with E-state index < -0.39 is 18.1 Å². The van der Waals surface area contributed by atoms with E-state index in [2.05, 4.69) is 20.1 Å². The molecule has 0 aliphatic heterocycles. The first kappa shape index (κ1) is 20.5. The quantitative estimate of drug-likeness (QED) is 0.490. The minimum absolute atomic E-state index is 0.0910. The van der Waals surface area contributed by atoms with Crippen LogP contribution in [-0.2, 0) is 11.3 Å². The zero-order chi connectivity index (χ0) is 22.0. The zero-order valence-corrected chi connectivity index (χ0v) is 16.5. The Kier molecular flexibility index (Phi) is 5.63. The molecule has 1 N–H and O–H groups in total. The van der Waals surface area contributed by atoms with Crippen molar-refractivity contribution in [3.05, 3.63) is 76.4 Å². The number of ether oxygens (including phenoxy) is 1. The predicted molar refractivity (Wildman–Crippen MR) is 110 cm³/mol. The van der Waals surface area contributed by atoms with Crippen LogP contribution in [0.2, 0.25) is 5.02 Å². The van der Waals surface area contributed by atoms with E-state index in [4.69, 9.17) is 11.6 Å². The lowest BCUT2D eigenvalue weighted by atomic mass is 10.3. The van der Waals surface area contributed by atoms with Gasteiger partial charge in [-0.3, -0.25) is 14.2 Å². The van der Waals surface area contributed by atoms with Gasteiger partial charge < -0.3 is 10.1 Å². The lowest BCUT2D eigenvalue weighted by Crippen LogP contribution is -2.27. The van der Waals surface area contributed by atoms with Gasteiger partial charge in [0.15, 0.2) is 5.65 Å². The Morgan fingerprint density at radius 3 is 2.68 bits per heavy atom. The number of carbonyl (C=O) groups excluding carboxylic acids is 1. The summed E-state index contributed by atoms with van der Waals surface area (Å²) in [7, 11) is 0. The summed E-state index contributed by atoms with van der Waals surface area (Å²) in [4.78, 5) is 29.4. The molecule has 2 aromatic heterocycles. The predicted octanol–water partition coefficient (Wildman–Crippen LogP) is 3.48. The van der Waals surface area contributed by atoms with Crippen molar-refractivity contribution in [1.29, 1.82) is 0 Å². The SMILES string of the molecule is O=C(Cn1cnc2c(cnn2-c2ccccc2)c1=O)Nc1ccc(OC(F)F)c(Cl)c1. The monoisotopic (exact) mass is 445 g/mol. The summed E-state index contributed by atoms with van der Waals surface area (Å²) >= 11 is 5.88. The molecule has 1 amide bonds. The first-order valence-electron chi connectivity index (χ1n) is 8.95. The number of aromatic nitrogens is 4. The highest BCUT2D eigenvalue weighted by Gasteiger charge is 2.14. The fourth-order valence-corrected chi connectivity index (χ4v) is 3.17. The zero-order valence-electron chi connectivity index (χ0n) is 15.7. The molecule has 0 spiro atoms. The molecule has 11 heteroatoms. The van der Waals surface area contributed by atoms with Gasteiger partial charge in [0.1, 0.15) is 24.0 Å². The summed E-state index contributed by atoms with van der Waals surface area (Å²) in [5, 5.41) is 6.93. The van der Waals surface area contributed by atoms with Crippen LogP contribution in [0.3, 0.4) is 0 Å². The van der Waals surface area contributed by atoms with Crippen LogP contribution in [0.25, 0.3) is 16.7 Å². The van der Waals surface area contributed by atoms with E-state index in [-0.39, 0.29) is 28.4 Å². The van der Waals surface area contributed by atoms with Gasteiger partial charge in [-0.25, -0.2) is 9.67 Å². The third-order valence-corrected chi connectivity index (χ3v) is 4.60. The van der Waals surface area contributed by atoms with E-state index in [0.29, 0.717) is 5.65 Å². The van der Waals surface area contributed by atoms with Crippen molar-refractivity contribution in [2.75, 3.05) is 5.32 Å². The van der Waals surface area contributed by atoms with Crippen LogP contribution in [0.5, 0.6) is 5.75 Å². The largest absolute Gasteiger partial charge is 0.433 e. The average molecular weight is 446 g/mol. The van der Waals surface area contributed by atoms with Crippen LogP contribution < -0.4 is 15.6 Å². The Balaban J connectivity index is 1.52. The van der Waals surface area contributed by atoms with Crippen molar-refractivity contribution in [2.24, 2.45) is 0 Å². The number of nitrogens with zero attached hydrogens (tertiary/aromatic N) is 4. The third-order valence-electron chi connectivity index (χ3n) is 4.30. The molecule has 4 aromatic rings. The molecule has 0 saturated carbocycles. The summed E-state index contributed by atoms with van der Waals surface area (Å²) in [6.07, 6.45) is 2.66. The molecule has 0 unspecified atom stereocenters. The Bertz CT molecular complexity index is 1310. The van der Waals surface area contributed by atoms with Crippen LogP contribution in [0, 0.1) is 0 Å². The number of rotatable bonds is 6. The first-order chi connectivity index (χ1) is 14.9. The van der Waals surface area contributed by atoms with Gasteiger partial charge >= 0.3 is 6.61 Å². The standard InChI is InChI=1S/C20H14ClF2N5O3/c21-15-8-12(6-7-16(15)31-20(22)23)26-17(29)10-27-11-24-18-14(19(27)30)9-25-28(18)13-4-2-1-3-5-13/h1-9,11,20H,10H2,(H,26,29). The second kappa shape index (κ2) is 8.52. The molecular formula is C20H14ClF2N5O3. The molecule has 0 radical (unpaired) electrons. The van der Waals surface area contributed by atoms with Crippen LogP contribution in [0.4, 0.5) is 14.5 Å².